The van der Waals surface area contributed by atoms with E-state index in [1.165, 1.54) is 0 Å². The predicted octanol–water partition coefficient (Wildman–Crippen LogP) is 4.25. The van der Waals surface area contributed by atoms with E-state index in [9.17, 15) is 9.90 Å². The molecule has 4 nitrogen and oxygen atoms in total. The van der Waals surface area contributed by atoms with Gasteiger partial charge in [0.2, 0.25) is 0 Å². The van der Waals surface area contributed by atoms with Crippen LogP contribution in [0.4, 0.5) is 0 Å². The van der Waals surface area contributed by atoms with E-state index in [2.05, 4.69) is 27.8 Å². The van der Waals surface area contributed by atoms with Crippen molar-refractivity contribution < 1.29 is 14.3 Å². The number of aliphatic carboxylic acids is 1. The van der Waals surface area contributed by atoms with Gasteiger partial charge in [0, 0.05) is 23.1 Å². The van der Waals surface area contributed by atoms with Crippen LogP contribution in [0.5, 0.6) is 0 Å². The third kappa shape index (κ3) is 4.03. The highest BCUT2D eigenvalue weighted by molar-refractivity contribution is 9.10. The summed E-state index contributed by atoms with van der Waals surface area (Å²) in [6.07, 6.45) is 0.758. The van der Waals surface area contributed by atoms with Gasteiger partial charge in [0.25, 0.3) is 0 Å². The van der Waals surface area contributed by atoms with Crippen molar-refractivity contribution in [2.45, 2.75) is 19.9 Å². The maximum atomic E-state index is 11.3. The molecular weight excluding hydrogens is 358 g/mol. The first-order valence-corrected chi connectivity index (χ1v) is 8.60. The molecule has 1 aliphatic heterocycles. The number of likely N-dealkylation sites (tertiary alicyclic amines) is 1. The molecule has 0 radical (unpaired) electrons. The molecule has 1 aromatic heterocycles. The molecule has 2 unspecified atom stereocenters. The molecule has 2 atom stereocenters. The molecule has 3 rings (SSSR count). The third-order valence-electron chi connectivity index (χ3n) is 4.25. The summed E-state index contributed by atoms with van der Waals surface area (Å²) in [4.78, 5) is 13.4. The summed E-state index contributed by atoms with van der Waals surface area (Å²) in [7, 11) is 0. The van der Waals surface area contributed by atoms with Crippen LogP contribution in [-0.4, -0.2) is 29.1 Å². The molecule has 122 valence electrons. The van der Waals surface area contributed by atoms with Gasteiger partial charge in [0.15, 0.2) is 0 Å². The number of rotatable bonds is 4. The summed E-state index contributed by atoms with van der Waals surface area (Å²) in [5.41, 5.74) is 1.04. The fraction of sp³-hybridized carbons (Fsp3) is 0.389. The second-order valence-corrected chi connectivity index (χ2v) is 7.26. The summed E-state index contributed by atoms with van der Waals surface area (Å²) < 4.78 is 6.98. The first-order valence-electron chi connectivity index (χ1n) is 7.81. The molecule has 0 amide bonds. The number of hydrogen-bond donors (Lipinski definition) is 1. The Kier molecular flexibility index (Phi) is 4.87. The Morgan fingerprint density at radius 1 is 1.26 bits per heavy atom. The lowest BCUT2D eigenvalue weighted by atomic mass is 9.90. The van der Waals surface area contributed by atoms with Crippen LogP contribution in [-0.2, 0) is 11.3 Å². The SMILES string of the molecule is CC1CC(C(=O)O)CN(Cc2ccc(-c3ccc(Br)cc3)o2)C1. The van der Waals surface area contributed by atoms with Crippen LogP contribution >= 0.6 is 15.9 Å². The second-order valence-electron chi connectivity index (χ2n) is 6.34. The third-order valence-corrected chi connectivity index (χ3v) is 4.78. The Balaban J connectivity index is 1.69. The zero-order chi connectivity index (χ0) is 16.4. The van der Waals surface area contributed by atoms with Crippen LogP contribution in [0.25, 0.3) is 11.3 Å². The highest BCUT2D eigenvalue weighted by Crippen LogP contribution is 2.27. The van der Waals surface area contributed by atoms with Crippen LogP contribution < -0.4 is 0 Å². The average molecular weight is 378 g/mol. The van der Waals surface area contributed by atoms with Crippen molar-refractivity contribution in [1.29, 1.82) is 0 Å². The molecule has 2 heterocycles. The number of carboxylic acids is 1. The minimum absolute atomic E-state index is 0.278. The van der Waals surface area contributed by atoms with Crippen molar-refractivity contribution in [2.24, 2.45) is 11.8 Å². The van der Waals surface area contributed by atoms with E-state index in [0.29, 0.717) is 19.0 Å². The quantitative estimate of drug-likeness (QED) is 0.864. The zero-order valence-corrected chi connectivity index (χ0v) is 14.6. The van der Waals surface area contributed by atoms with Gasteiger partial charge in [-0.05, 0) is 36.6 Å². The minimum atomic E-state index is -0.698. The monoisotopic (exact) mass is 377 g/mol. The average Bonchev–Trinajstić information content (AvgIpc) is 2.95. The summed E-state index contributed by atoms with van der Waals surface area (Å²) in [6.45, 7) is 4.27. The van der Waals surface area contributed by atoms with E-state index in [1.54, 1.807) is 0 Å². The van der Waals surface area contributed by atoms with Gasteiger partial charge in [0.1, 0.15) is 11.5 Å². The van der Waals surface area contributed by atoms with Crippen LogP contribution in [0.3, 0.4) is 0 Å². The molecule has 1 aliphatic rings. The Bertz CT molecular complexity index is 680. The molecule has 1 N–H and O–H groups in total. The molecule has 0 bridgehead atoms. The predicted molar refractivity (Wildman–Crippen MR) is 92.0 cm³/mol. The number of halogens is 1. The van der Waals surface area contributed by atoms with Gasteiger partial charge in [-0.25, -0.2) is 0 Å². The van der Waals surface area contributed by atoms with E-state index in [1.807, 2.05) is 36.4 Å². The molecule has 0 aliphatic carbocycles. The van der Waals surface area contributed by atoms with Crippen molar-refractivity contribution in [3.8, 4) is 11.3 Å². The van der Waals surface area contributed by atoms with E-state index in [-0.39, 0.29) is 5.92 Å². The molecule has 1 saturated heterocycles. The van der Waals surface area contributed by atoms with Gasteiger partial charge in [0.05, 0.1) is 12.5 Å². The van der Waals surface area contributed by atoms with Crippen LogP contribution in [0, 0.1) is 11.8 Å². The number of piperidine rings is 1. The number of carbonyl (C=O) groups is 1. The standard InChI is InChI=1S/C18H20BrNO3/c1-12-8-14(18(21)22)10-20(9-12)11-16-6-7-17(23-16)13-2-4-15(19)5-3-13/h2-7,12,14H,8-11H2,1H3,(H,21,22). The summed E-state index contributed by atoms with van der Waals surface area (Å²) in [6, 6.07) is 11.9. The molecule has 2 aromatic rings. The van der Waals surface area contributed by atoms with E-state index >= 15 is 0 Å². The first kappa shape index (κ1) is 16.3. The van der Waals surface area contributed by atoms with Gasteiger partial charge in [-0.3, -0.25) is 9.69 Å². The van der Waals surface area contributed by atoms with Crippen molar-refractivity contribution in [3.63, 3.8) is 0 Å². The van der Waals surface area contributed by atoms with Crippen LogP contribution in [0.2, 0.25) is 0 Å². The molecular formula is C18H20BrNO3. The minimum Gasteiger partial charge on any atom is -0.481 e. The van der Waals surface area contributed by atoms with Crippen molar-refractivity contribution >= 4 is 21.9 Å². The Hall–Kier alpha value is -1.59. The number of nitrogens with zero attached hydrogens (tertiary/aromatic N) is 1. The van der Waals surface area contributed by atoms with Gasteiger partial charge < -0.3 is 9.52 Å². The zero-order valence-electron chi connectivity index (χ0n) is 13.0. The molecule has 0 saturated carbocycles. The van der Waals surface area contributed by atoms with Gasteiger partial charge in [-0.1, -0.05) is 35.0 Å². The normalized spacial score (nSPS) is 22.2. The summed E-state index contributed by atoms with van der Waals surface area (Å²) >= 11 is 3.43. The van der Waals surface area contributed by atoms with E-state index in [4.69, 9.17) is 4.42 Å². The fourth-order valence-corrected chi connectivity index (χ4v) is 3.49. The van der Waals surface area contributed by atoms with Crippen LogP contribution in [0.15, 0.2) is 45.3 Å². The lowest BCUT2D eigenvalue weighted by molar-refractivity contribution is -0.144. The summed E-state index contributed by atoms with van der Waals surface area (Å²) in [5.74, 6) is 1.13. The summed E-state index contributed by atoms with van der Waals surface area (Å²) in [5, 5.41) is 9.26. The molecule has 5 heteroatoms. The Labute approximate surface area is 144 Å². The fourth-order valence-electron chi connectivity index (χ4n) is 3.22. The lowest BCUT2D eigenvalue weighted by Crippen LogP contribution is -2.41. The molecule has 1 aromatic carbocycles. The topological polar surface area (TPSA) is 53.7 Å². The number of furan rings is 1. The highest BCUT2D eigenvalue weighted by Gasteiger charge is 2.29. The number of benzene rings is 1. The molecule has 1 fully saturated rings. The first-order chi connectivity index (χ1) is 11.0. The maximum Gasteiger partial charge on any atom is 0.307 e. The van der Waals surface area contributed by atoms with Crippen molar-refractivity contribution in [2.75, 3.05) is 13.1 Å². The Morgan fingerprint density at radius 2 is 2.00 bits per heavy atom. The number of hydrogen-bond acceptors (Lipinski definition) is 3. The second kappa shape index (κ2) is 6.89. The molecule has 0 spiro atoms. The molecule has 23 heavy (non-hydrogen) atoms. The smallest absolute Gasteiger partial charge is 0.307 e. The van der Waals surface area contributed by atoms with Gasteiger partial charge in [-0.15, -0.1) is 0 Å². The largest absolute Gasteiger partial charge is 0.481 e. The highest BCUT2D eigenvalue weighted by atomic mass is 79.9. The van der Waals surface area contributed by atoms with Gasteiger partial charge in [-0.2, -0.15) is 0 Å². The maximum absolute atomic E-state index is 11.3. The Morgan fingerprint density at radius 3 is 2.70 bits per heavy atom. The van der Waals surface area contributed by atoms with Crippen LogP contribution in [0.1, 0.15) is 19.1 Å². The number of carboxylic acid groups (broad SMARTS) is 1. The van der Waals surface area contributed by atoms with Gasteiger partial charge >= 0.3 is 5.97 Å². The van der Waals surface area contributed by atoms with E-state index < -0.39 is 5.97 Å². The lowest BCUT2D eigenvalue weighted by Gasteiger charge is -2.34. The van der Waals surface area contributed by atoms with Crippen molar-refractivity contribution in [1.82, 2.24) is 4.90 Å². The van der Waals surface area contributed by atoms with Crippen molar-refractivity contribution in [3.05, 3.63) is 46.6 Å². The van der Waals surface area contributed by atoms with E-state index in [0.717, 1.165) is 34.5 Å².